The number of benzene rings is 2. The third kappa shape index (κ3) is 6.57. The van der Waals surface area contributed by atoms with Crippen molar-refractivity contribution in [3.05, 3.63) is 58.9 Å². The van der Waals surface area contributed by atoms with Crippen LogP contribution in [0.1, 0.15) is 12.0 Å². The zero-order valence-electron chi connectivity index (χ0n) is 17.5. The lowest BCUT2D eigenvalue weighted by Gasteiger charge is -2.05. The Morgan fingerprint density at radius 3 is 2.42 bits per heavy atom. The molecule has 0 aliphatic carbocycles. The van der Waals surface area contributed by atoms with Crippen LogP contribution in [0.25, 0.3) is 10.2 Å². The summed E-state index contributed by atoms with van der Waals surface area (Å²) in [4.78, 5) is 28.3. The number of carbonyl (C=O) groups is 2. The largest absolute Gasteiger partial charge is 0.468 e. The third-order valence-electron chi connectivity index (χ3n) is 4.57. The highest BCUT2D eigenvalue weighted by Gasteiger charge is 2.17. The van der Waals surface area contributed by atoms with Gasteiger partial charge in [-0.25, -0.2) is 22.0 Å². The number of primary sulfonamides is 1. The van der Waals surface area contributed by atoms with Crippen molar-refractivity contribution in [1.82, 2.24) is 4.57 Å². The van der Waals surface area contributed by atoms with Crippen LogP contribution in [-0.2, 0) is 46.5 Å². The van der Waals surface area contributed by atoms with Gasteiger partial charge in [0.2, 0.25) is 15.9 Å². The Hall–Kier alpha value is -2.87. The number of fused-ring (bicyclic) bond motifs is 1. The maximum atomic E-state index is 12.5. The third-order valence-corrected chi connectivity index (χ3v) is 8.13. The fourth-order valence-corrected chi connectivity index (χ4v) is 6.00. The molecule has 10 nitrogen and oxygen atoms in total. The summed E-state index contributed by atoms with van der Waals surface area (Å²) in [7, 11) is -6.29. The second-order valence-corrected chi connectivity index (χ2v) is 11.8. The van der Waals surface area contributed by atoms with Gasteiger partial charge >= 0.3 is 5.97 Å². The number of hydrogen-bond donors (Lipinski definition) is 1. The first-order chi connectivity index (χ1) is 15.5. The first-order valence-electron chi connectivity index (χ1n) is 9.53. The zero-order valence-corrected chi connectivity index (χ0v) is 20.0. The number of methoxy groups -OCH3 is 1. The van der Waals surface area contributed by atoms with E-state index < -0.39 is 31.7 Å². The van der Waals surface area contributed by atoms with E-state index in [2.05, 4.69) is 9.73 Å². The predicted octanol–water partition coefficient (Wildman–Crippen LogP) is 0.956. The van der Waals surface area contributed by atoms with Crippen LogP contribution >= 0.6 is 11.3 Å². The number of thiazole rings is 1. The summed E-state index contributed by atoms with van der Waals surface area (Å²) in [5.74, 6) is -1.88. The lowest BCUT2D eigenvalue weighted by molar-refractivity contribution is -0.141. The highest BCUT2D eigenvalue weighted by molar-refractivity contribution is 7.90. The minimum absolute atomic E-state index is 0.104. The van der Waals surface area contributed by atoms with Crippen LogP contribution in [-0.4, -0.2) is 46.1 Å². The number of ether oxygens (including phenoxy) is 1. The predicted molar refractivity (Wildman–Crippen MR) is 122 cm³/mol. The molecule has 1 heterocycles. The summed E-state index contributed by atoms with van der Waals surface area (Å²) in [6.07, 6.45) is -0.343. The fourth-order valence-electron chi connectivity index (χ4n) is 2.97. The Bertz CT molecular complexity index is 1470. The highest BCUT2D eigenvalue weighted by Crippen LogP contribution is 2.21. The van der Waals surface area contributed by atoms with Crippen LogP contribution < -0.4 is 9.94 Å². The van der Waals surface area contributed by atoms with Crippen molar-refractivity contribution in [2.75, 3.05) is 12.9 Å². The second-order valence-electron chi connectivity index (χ2n) is 7.05. The van der Waals surface area contributed by atoms with Gasteiger partial charge in [0.05, 0.1) is 33.7 Å². The molecule has 0 fully saturated rings. The summed E-state index contributed by atoms with van der Waals surface area (Å²) in [5, 5.41) is 5.17. The number of sulfone groups is 1. The fraction of sp³-hybridized carbons (Fsp3) is 0.250. The first-order valence-corrected chi connectivity index (χ1v) is 13.7. The number of nitrogens with zero attached hydrogens (tertiary/aromatic N) is 2. The molecule has 13 heteroatoms. The Balaban J connectivity index is 1.90. The van der Waals surface area contributed by atoms with E-state index in [1.165, 1.54) is 29.9 Å². The molecule has 0 radical (unpaired) electrons. The molecule has 2 N–H and O–H groups in total. The van der Waals surface area contributed by atoms with Gasteiger partial charge in [0.15, 0.2) is 14.6 Å². The van der Waals surface area contributed by atoms with Crippen molar-refractivity contribution in [1.29, 1.82) is 0 Å². The number of sulfonamides is 1. The van der Waals surface area contributed by atoms with Crippen molar-refractivity contribution in [3.8, 4) is 0 Å². The molecule has 3 aromatic rings. The van der Waals surface area contributed by atoms with E-state index in [1.54, 1.807) is 30.3 Å². The van der Waals surface area contributed by atoms with Gasteiger partial charge in [0, 0.05) is 6.42 Å². The van der Waals surface area contributed by atoms with E-state index in [0.29, 0.717) is 15.8 Å². The number of amides is 1. The first kappa shape index (κ1) is 24.8. The summed E-state index contributed by atoms with van der Waals surface area (Å²) >= 11 is 0.969. The van der Waals surface area contributed by atoms with Crippen LogP contribution in [0.2, 0.25) is 0 Å². The van der Waals surface area contributed by atoms with E-state index in [9.17, 15) is 26.4 Å². The molecule has 0 unspecified atom stereocenters. The number of rotatable bonds is 8. The molecule has 0 aliphatic rings. The quantitative estimate of drug-likeness (QED) is 0.442. The van der Waals surface area contributed by atoms with Gasteiger partial charge in [-0.2, -0.15) is 4.99 Å². The number of aromatic nitrogens is 1. The molecule has 3 rings (SSSR count). The van der Waals surface area contributed by atoms with Crippen molar-refractivity contribution in [3.63, 3.8) is 0 Å². The van der Waals surface area contributed by atoms with Crippen LogP contribution in [0, 0.1) is 0 Å². The lowest BCUT2D eigenvalue weighted by atomic mass is 10.2. The molecule has 0 aliphatic heterocycles. The molecular formula is C20H21N3O7S3. The SMILES string of the molecule is COC(=O)Cn1c(=NC(=O)CCS(=O)(=O)Cc2ccccc2)sc2cc(S(N)(=O)=O)ccc21. The lowest BCUT2D eigenvalue weighted by Crippen LogP contribution is -2.23. The molecular weight excluding hydrogens is 490 g/mol. The average molecular weight is 512 g/mol. The van der Waals surface area contributed by atoms with E-state index in [4.69, 9.17) is 5.14 Å². The summed E-state index contributed by atoms with van der Waals surface area (Å²) in [6, 6.07) is 12.7. The number of hydrogen-bond acceptors (Lipinski definition) is 8. The van der Waals surface area contributed by atoms with Gasteiger partial charge in [0.1, 0.15) is 6.54 Å². The van der Waals surface area contributed by atoms with Crippen LogP contribution in [0.15, 0.2) is 58.4 Å². The molecule has 1 aromatic heterocycles. The van der Waals surface area contributed by atoms with Gasteiger partial charge in [0.25, 0.3) is 0 Å². The van der Waals surface area contributed by atoms with E-state index in [-0.39, 0.29) is 34.2 Å². The second kappa shape index (κ2) is 9.95. The van der Waals surface area contributed by atoms with E-state index in [1.807, 2.05) is 0 Å². The van der Waals surface area contributed by atoms with Gasteiger partial charge in [-0.3, -0.25) is 9.59 Å². The standard InChI is InChI=1S/C20H21N3O7S3/c1-30-19(25)12-23-16-8-7-15(33(21,28)29)11-17(16)31-20(23)22-18(24)9-10-32(26,27)13-14-5-3-2-4-6-14/h2-8,11H,9-10,12-13H2,1H3,(H2,21,28,29). The van der Waals surface area contributed by atoms with Gasteiger partial charge in [-0.15, -0.1) is 0 Å². The Morgan fingerprint density at radius 2 is 1.79 bits per heavy atom. The molecule has 0 saturated heterocycles. The Morgan fingerprint density at radius 1 is 1.09 bits per heavy atom. The van der Waals surface area contributed by atoms with Crippen molar-refractivity contribution >= 4 is 53.3 Å². The monoisotopic (exact) mass is 511 g/mol. The smallest absolute Gasteiger partial charge is 0.325 e. The zero-order chi connectivity index (χ0) is 24.2. The van der Waals surface area contributed by atoms with Crippen molar-refractivity contribution in [2.24, 2.45) is 10.1 Å². The van der Waals surface area contributed by atoms with Gasteiger partial charge < -0.3 is 9.30 Å². The maximum Gasteiger partial charge on any atom is 0.325 e. The molecule has 33 heavy (non-hydrogen) atoms. The highest BCUT2D eigenvalue weighted by atomic mass is 32.2. The molecule has 0 saturated carbocycles. The minimum atomic E-state index is -3.96. The average Bonchev–Trinajstić information content (AvgIpc) is 3.08. The summed E-state index contributed by atoms with van der Waals surface area (Å²) in [6.45, 7) is -0.274. The van der Waals surface area contributed by atoms with Crippen molar-refractivity contribution < 1.29 is 31.2 Å². The maximum absolute atomic E-state index is 12.5. The Kier molecular flexibility index (Phi) is 7.47. The molecule has 0 atom stereocenters. The van der Waals surface area contributed by atoms with Gasteiger partial charge in [-0.05, 0) is 23.8 Å². The number of esters is 1. The molecule has 0 bridgehead atoms. The topological polar surface area (TPSA) is 155 Å². The van der Waals surface area contributed by atoms with Crippen molar-refractivity contribution in [2.45, 2.75) is 23.6 Å². The number of carbonyl (C=O) groups excluding carboxylic acids is 2. The molecule has 1 amide bonds. The summed E-state index contributed by atoms with van der Waals surface area (Å²) < 4.78 is 54.5. The molecule has 0 spiro atoms. The van der Waals surface area contributed by atoms with Crippen LogP contribution in [0.3, 0.4) is 0 Å². The van der Waals surface area contributed by atoms with Gasteiger partial charge in [-0.1, -0.05) is 41.7 Å². The minimum Gasteiger partial charge on any atom is -0.468 e. The Labute approximate surface area is 194 Å². The molecule has 2 aromatic carbocycles. The molecule has 176 valence electrons. The van der Waals surface area contributed by atoms with E-state index in [0.717, 1.165) is 11.3 Å². The van der Waals surface area contributed by atoms with Crippen LogP contribution in [0.4, 0.5) is 0 Å². The summed E-state index contributed by atoms with van der Waals surface area (Å²) in [5.41, 5.74) is 1.06. The van der Waals surface area contributed by atoms with E-state index >= 15 is 0 Å². The van der Waals surface area contributed by atoms with Crippen LogP contribution in [0.5, 0.6) is 0 Å². The number of nitrogens with two attached hydrogens (primary N) is 1. The normalized spacial score (nSPS) is 12.7.